The van der Waals surface area contributed by atoms with Crippen LogP contribution in [0.5, 0.6) is 0 Å². The summed E-state index contributed by atoms with van der Waals surface area (Å²) in [5.74, 6) is 0. The van der Waals surface area contributed by atoms with Gasteiger partial charge in [0, 0.05) is 13.2 Å². The fraction of sp³-hybridized carbons (Fsp3) is 0.500. The standard InChI is InChI=1S/C18H25N3/c1-3-10-19-17(18-9-11-20-21(18)2)13-14-7-8-15-5-4-6-16(15)12-14/h7-9,11-12,17,19H,3-6,10,13H2,1-2H3. The second-order valence-corrected chi connectivity index (χ2v) is 6.05. The Kier molecular flexibility index (Phi) is 4.39. The Balaban J connectivity index is 1.79. The van der Waals surface area contributed by atoms with E-state index in [1.165, 1.54) is 30.5 Å². The maximum Gasteiger partial charge on any atom is 0.0553 e. The van der Waals surface area contributed by atoms with E-state index < -0.39 is 0 Å². The lowest BCUT2D eigenvalue weighted by molar-refractivity contribution is 0.493. The first-order valence-electron chi connectivity index (χ1n) is 8.10. The first-order valence-corrected chi connectivity index (χ1v) is 8.10. The van der Waals surface area contributed by atoms with Crippen LogP contribution in [0.25, 0.3) is 0 Å². The zero-order valence-corrected chi connectivity index (χ0v) is 13.1. The van der Waals surface area contributed by atoms with Gasteiger partial charge in [0.2, 0.25) is 0 Å². The number of benzene rings is 1. The lowest BCUT2D eigenvalue weighted by Crippen LogP contribution is -2.26. The van der Waals surface area contributed by atoms with Crippen LogP contribution < -0.4 is 5.32 Å². The summed E-state index contributed by atoms with van der Waals surface area (Å²) >= 11 is 0. The lowest BCUT2D eigenvalue weighted by atomic mass is 9.99. The number of nitrogens with zero attached hydrogens (tertiary/aromatic N) is 2. The molecule has 2 aromatic rings. The van der Waals surface area contributed by atoms with E-state index in [0.717, 1.165) is 19.4 Å². The summed E-state index contributed by atoms with van der Waals surface area (Å²) in [5.41, 5.74) is 5.82. The van der Waals surface area contributed by atoms with E-state index in [2.05, 4.69) is 41.6 Å². The van der Waals surface area contributed by atoms with E-state index in [0.29, 0.717) is 6.04 Å². The van der Waals surface area contributed by atoms with Crippen molar-refractivity contribution >= 4 is 0 Å². The van der Waals surface area contributed by atoms with E-state index >= 15 is 0 Å². The summed E-state index contributed by atoms with van der Waals surface area (Å²) in [6.45, 7) is 3.25. The summed E-state index contributed by atoms with van der Waals surface area (Å²) in [6.07, 6.45) is 7.90. The van der Waals surface area contributed by atoms with Gasteiger partial charge in [0.15, 0.2) is 0 Å². The van der Waals surface area contributed by atoms with Gasteiger partial charge >= 0.3 is 0 Å². The average Bonchev–Trinajstić information content (AvgIpc) is 3.11. The number of aryl methyl sites for hydroxylation is 3. The molecule has 1 N–H and O–H groups in total. The summed E-state index contributed by atoms with van der Waals surface area (Å²) in [6, 6.07) is 9.52. The smallest absolute Gasteiger partial charge is 0.0553 e. The summed E-state index contributed by atoms with van der Waals surface area (Å²) in [7, 11) is 2.03. The molecule has 0 bridgehead atoms. The first kappa shape index (κ1) is 14.3. The fourth-order valence-electron chi connectivity index (χ4n) is 3.31. The summed E-state index contributed by atoms with van der Waals surface area (Å²) in [5, 5.41) is 7.99. The molecule has 1 aliphatic carbocycles. The maximum absolute atomic E-state index is 4.32. The number of hydrogen-bond donors (Lipinski definition) is 1. The largest absolute Gasteiger partial charge is 0.308 e. The monoisotopic (exact) mass is 283 g/mol. The van der Waals surface area contributed by atoms with E-state index in [9.17, 15) is 0 Å². The highest BCUT2D eigenvalue weighted by Gasteiger charge is 2.17. The minimum Gasteiger partial charge on any atom is -0.308 e. The van der Waals surface area contributed by atoms with Gasteiger partial charge in [-0.2, -0.15) is 5.10 Å². The van der Waals surface area contributed by atoms with Gasteiger partial charge in [-0.05, 0) is 61.4 Å². The summed E-state index contributed by atoms with van der Waals surface area (Å²) in [4.78, 5) is 0. The molecule has 112 valence electrons. The molecule has 1 unspecified atom stereocenters. The number of fused-ring (bicyclic) bond motifs is 1. The maximum atomic E-state index is 4.32. The molecule has 0 amide bonds. The van der Waals surface area contributed by atoms with Crippen molar-refractivity contribution < 1.29 is 0 Å². The van der Waals surface area contributed by atoms with Gasteiger partial charge in [-0.15, -0.1) is 0 Å². The molecular formula is C18H25N3. The van der Waals surface area contributed by atoms with Crippen molar-refractivity contribution in [1.82, 2.24) is 15.1 Å². The van der Waals surface area contributed by atoms with Crippen LogP contribution in [0.15, 0.2) is 30.5 Å². The molecule has 3 rings (SSSR count). The molecule has 0 fully saturated rings. The molecule has 1 atom stereocenters. The van der Waals surface area contributed by atoms with Crippen LogP contribution in [0.2, 0.25) is 0 Å². The molecule has 1 aliphatic rings. The Morgan fingerprint density at radius 2 is 2.10 bits per heavy atom. The van der Waals surface area contributed by atoms with Crippen molar-refractivity contribution in [3.63, 3.8) is 0 Å². The van der Waals surface area contributed by atoms with Crippen molar-refractivity contribution in [3.8, 4) is 0 Å². The Morgan fingerprint density at radius 1 is 1.24 bits per heavy atom. The van der Waals surface area contributed by atoms with E-state index in [4.69, 9.17) is 0 Å². The van der Waals surface area contributed by atoms with Gasteiger partial charge in [-0.3, -0.25) is 4.68 Å². The SMILES string of the molecule is CCCNC(Cc1ccc2c(c1)CCC2)c1ccnn1C. The van der Waals surface area contributed by atoms with Gasteiger partial charge in [0.1, 0.15) is 0 Å². The minimum atomic E-state index is 0.344. The molecule has 1 aromatic carbocycles. The first-order chi connectivity index (χ1) is 10.3. The number of nitrogens with one attached hydrogen (secondary N) is 1. The van der Waals surface area contributed by atoms with Gasteiger partial charge in [-0.1, -0.05) is 25.1 Å². The normalized spacial score (nSPS) is 15.1. The topological polar surface area (TPSA) is 29.9 Å². The molecule has 0 saturated heterocycles. The Labute approximate surface area is 127 Å². The van der Waals surface area contributed by atoms with E-state index in [1.807, 2.05) is 17.9 Å². The van der Waals surface area contributed by atoms with Crippen LogP contribution in [0, 0.1) is 0 Å². The van der Waals surface area contributed by atoms with Crippen molar-refractivity contribution in [1.29, 1.82) is 0 Å². The highest BCUT2D eigenvalue weighted by atomic mass is 15.3. The fourth-order valence-corrected chi connectivity index (χ4v) is 3.31. The molecule has 1 aromatic heterocycles. The Morgan fingerprint density at radius 3 is 2.86 bits per heavy atom. The molecule has 3 heteroatoms. The van der Waals surface area contributed by atoms with Crippen LogP contribution >= 0.6 is 0 Å². The summed E-state index contributed by atoms with van der Waals surface area (Å²) < 4.78 is 1.99. The van der Waals surface area contributed by atoms with Crippen molar-refractivity contribution in [2.45, 2.75) is 45.1 Å². The number of rotatable bonds is 6. The average molecular weight is 283 g/mol. The van der Waals surface area contributed by atoms with E-state index in [-0.39, 0.29) is 0 Å². The highest BCUT2D eigenvalue weighted by Crippen LogP contribution is 2.25. The molecule has 3 nitrogen and oxygen atoms in total. The Bertz CT molecular complexity index is 600. The number of aromatic nitrogens is 2. The Hall–Kier alpha value is -1.61. The molecule has 21 heavy (non-hydrogen) atoms. The van der Waals surface area contributed by atoms with Crippen molar-refractivity contribution in [2.75, 3.05) is 6.54 Å². The van der Waals surface area contributed by atoms with Crippen LogP contribution in [-0.2, 0) is 26.3 Å². The third-order valence-electron chi connectivity index (χ3n) is 4.46. The predicted octanol–water partition coefficient (Wildman–Crippen LogP) is 3.19. The van der Waals surface area contributed by atoms with Gasteiger partial charge < -0.3 is 5.32 Å². The van der Waals surface area contributed by atoms with Gasteiger partial charge in [-0.25, -0.2) is 0 Å². The predicted molar refractivity (Wildman–Crippen MR) is 86.4 cm³/mol. The van der Waals surface area contributed by atoms with Crippen LogP contribution in [0.1, 0.15) is 48.2 Å². The second kappa shape index (κ2) is 6.44. The third kappa shape index (κ3) is 3.18. The van der Waals surface area contributed by atoms with Gasteiger partial charge in [0.25, 0.3) is 0 Å². The zero-order valence-electron chi connectivity index (χ0n) is 13.1. The molecule has 0 radical (unpaired) electrons. The quantitative estimate of drug-likeness (QED) is 0.882. The molecule has 0 spiro atoms. The zero-order chi connectivity index (χ0) is 14.7. The van der Waals surface area contributed by atoms with Crippen LogP contribution in [0.3, 0.4) is 0 Å². The van der Waals surface area contributed by atoms with Crippen molar-refractivity contribution in [2.24, 2.45) is 7.05 Å². The molecular weight excluding hydrogens is 258 g/mol. The molecule has 0 aliphatic heterocycles. The highest BCUT2D eigenvalue weighted by molar-refractivity contribution is 5.36. The van der Waals surface area contributed by atoms with Gasteiger partial charge in [0.05, 0.1) is 11.7 Å². The van der Waals surface area contributed by atoms with Crippen LogP contribution in [0.4, 0.5) is 0 Å². The minimum absolute atomic E-state index is 0.344. The lowest BCUT2D eigenvalue weighted by Gasteiger charge is -2.19. The number of hydrogen-bond acceptors (Lipinski definition) is 2. The molecule has 1 heterocycles. The van der Waals surface area contributed by atoms with Crippen molar-refractivity contribution in [3.05, 3.63) is 52.8 Å². The third-order valence-corrected chi connectivity index (χ3v) is 4.46. The molecule has 0 saturated carbocycles. The second-order valence-electron chi connectivity index (χ2n) is 6.05. The van der Waals surface area contributed by atoms with E-state index in [1.54, 1.807) is 11.1 Å². The van der Waals surface area contributed by atoms with Crippen LogP contribution in [-0.4, -0.2) is 16.3 Å².